The average Bonchev–Trinajstić information content (AvgIpc) is 2.47. The molecular formula is C17H17BrClNO. The van der Waals surface area contributed by atoms with Crippen molar-refractivity contribution < 1.29 is 4.79 Å². The highest BCUT2D eigenvalue weighted by Gasteiger charge is 2.11. The fraction of sp³-hybridized carbons (Fsp3) is 0.235. The Morgan fingerprint density at radius 1 is 1.19 bits per heavy atom. The molecule has 2 rings (SSSR count). The first kappa shape index (κ1) is 16.1. The van der Waals surface area contributed by atoms with Crippen LogP contribution >= 0.6 is 27.5 Å². The highest BCUT2D eigenvalue weighted by molar-refractivity contribution is 9.10. The first-order chi connectivity index (χ1) is 10.1. The molecule has 4 heteroatoms. The van der Waals surface area contributed by atoms with Crippen molar-refractivity contribution in [2.24, 2.45) is 0 Å². The second-order valence-corrected chi connectivity index (χ2v) is 6.26. The minimum absolute atomic E-state index is 0.130. The summed E-state index contributed by atoms with van der Waals surface area (Å²) in [5, 5.41) is 0.710. The van der Waals surface area contributed by atoms with Gasteiger partial charge in [0.2, 0.25) is 5.91 Å². The van der Waals surface area contributed by atoms with Crippen molar-refractivity contribution >= 4 is 33.4 Å². The van der Waals surface area contributed by atoms with Gasteiger partial charge in [-0.1, -0.05) is 57.9 Å². The predicted octanol–water partition coefficient (Wildman–Crippen LogP) is 4.69. The van der Waals surface area contributed by atoms with Crippen LogP contribution in [0.25, 0.3) is 0 Å². The van der Waals surface area contributed by atoms with Gasteiger partial charge in [0.15, 0.2) is 0 Å². The standard InChI is InChI=1S/C17H17BrClNO/c1-20(12-14-6-2-3-8-16(14)18)17(21)10-9-13-5-4-7-15(19)11-13/h2-8,11H,9-10,12H2,1H3. The molecule has 0 atom stereocenters. The number of benzene rings is 2. The van der Waals surface area contributed by atoms with E-state index in [2.05, 4.69) is 15.9 Å². The van der Waals surface area contributed by atoms with Gasteiger partial charge >= 0.3 is 0 Å². The highest BCUT2D eigenvalue weighted by atomic mass is 79.9. The second-order valence-electron chi connectivity index (χ2n) is 4.97. The summed E-state index contributed by atoms with van der Waals surface area (Å²) in [7, 11) is 1.83. The first-order valence-electron chi connectivity index (χ1n) is 6.78. The molecule has 0 saturated carbocycles. The number of nitrogens with zero attached hydrogens (tertiary/aromatic N) is 1. The van der Waals surface area contributed by atoms with E-state index in [1.165, 1.54) is 0 Å². The summed E-state index contributed by atoms with van der Waals surface area (Å²) in [5.74, 6) is 0.130. The van der Waals surface area contributed by atoms with Crippen molar-refractivity contribution in [2.45, 2.75) is 19.4 Å². The Hall–Kier alpha value is -1.32. The molecule has 21 heavy (non-hydrogen) atoms. The summed E-state index contributed by atoms with van der Waals surface area (Å²) in [4.78, 5) is 13.9. The normalized spacial score (nSPS) is 10.4. The van der Waals surface area contributed by atoms with Gasteiger partial charge in [-0.3, -0.25) is 4.79 Å². The van der Waals surface area contributed by atoms with Crippen LogP contribution in [0.15, 0.2) is 53.0 Å². The molecule has 0 radical (unpaired) electrons. The van der Waals surface area contributed by atoms with Crippen LogP contribution in [-0.4, -0.2) is 17.9 Å². The van der Waals surface area contributed by atoms with E-state index in [9.17, 15) is 4.79 Å². The van der Waals surface area contributed by atoms with Crippen molar-refractivity contribution in [1.29, 1.82) is 0 Å². The fourth-order valence-corrected chi connectivity index (χ4v) is 2.73. The minimum atomic E-state index is 0.130. The molecule has 0 saturated heterocycles. The van der Waals surface area contributed by atoms with Gasteiger partial charge < -0.3 is 4.90 Å². The van der Waals surface area contributed by atoms with E-state index in [1.807, 2.05) is 55.6 Å². The second kappa shape index (κ2) is 7.62. The van der Waals surface area contributed by atoms with Crippen LogP contribution in [0.5, 0.6) is 0 Å². The molecule has 0 aliphatic heterocycles. The topological polar surface area (TPSA) is 20.3 Å². The maximum atomic E-state index is 12.2. The van der Waals surface area contributed by atoms with Gasteiger partial charge in [0.1, 0.15) is 0 Å². The largest absolute Gasteiger partial charge is 0.341 e. The molecule has 1 amide bonds. The Bertz CT molecular complexity index is 630. The zero-order valence-corrected chi connectivity index (χ0v) is 14.2. The van der Waals surface area contributed by atoms with Crippen LogP contribution in [0, 0.1) is 0 Å². The summed E-state index contributed by atoms with van der Waals surface area (Å²) in [6.07, 6.45) is 1.20. The lowest BCUT2D eigenvalue weighted by Gasteiger charge is -2.18. The number of halogens is 2. The van der Waals surface area contributed by atoms with Crippen molar-refractivity contribution in [3.8, 4) is 0 Å². The summed E-state index contributed by atoms with van der Waals surface area (Å²) in [6, 6.07) is 15.6. The number of aryl methyl sites for hydroxylation is 1. The van der Waals surface area contributed by atoms with Gasteiger partial charge in [0, 0.05) is 29.5 Å². The number of rotatable bonds is 5. The number of carbonyl (C=O) groups is 1. The van der Waals surface area contributed by atoms with Crippen molar-refractivity contribution in [3.05, 3.63) is 69.2 Å². The van der Waals surface area contributed by atoms with E-state index in [4.69, 9.17) is 11.6 Å². The Labute approximate surface area is 138 Å². The molecular weight excluding hydrogens is 350 g/mol. The van der Waals surface area contributed by atoms with Gasteiger partial charge in [0.05, 0.1) is 0 Å². The van der Waals surface area contributed by atoms with E-state index in [1.54, 1.807) is 4.90 Å². The lowest BCUT2D eigenvalue weighted by molar-refractivity contribution is -0.130. The predicted molar refractivity (Wildman–Crippen MR) is 90.4 cm³/mol. The molecule has 0 N–H and O–H groups in total. The molecule has 0 aliphatic rings. The average molecular weight is 367 g/mol. The molecule has 0 spiro atoms. The van der Waals surface area contributed by atoms with E-state index in [0.29, 0.717) is 24.4 Å². The maximum absolute atomic E-state index is 12.2. The third kappa shape index (κ3) is 4.87. The summed E-state index contributed by atoms with van der Waals surface area (Å²) < 4.78 is 1.03. The third-order valence-corrected chi connectivity index (χ3v) is 4.32. The first-order valence-corrected chi connectivity index (χ1v) is 7.95. The molecule has 2 nitrogen and oxygen atoms in total. The quantitative estimate of drug-likeness (QED) is 0.751. The van der Waals surface area contributed by atoms with Crippen molar-refractivity contribution in [1.82, 2.24) is 4.90 Å². The van der Waals surface area contributed by atoms with Gasteiger partial charge in [0.25, 0.3) is 0 Å². The van der Waals surface area contributed by atoms with Gasteiger partial charge in [-0.25, -0.2) is 0 Å². The number of hydrogen-bond donors (Lipinski definition) is 0. The summed E-state index contributed by atoms with van der Waals surface area (Å²) in [6.45, 7) is 0.607. The summed E-state index contributed by atoms with van der Waals surface area (Å²) in [5.41, 5.74) is 2.20. The number of hydrogen-bond acceptors (Lipinski definition) is 1. The zero-order valence-electron chi connectivity index (χ0n) is 11.9. The lowest BCUT2D eigenvalue weighted by atomic mass is 10.1. The zero-order chi connectivity index (χ0) is 15.2. The third-order valence-electron chi connectivity index (χ3n) is 3.31. The maximum Gasteiger partial charge on any atom is 0.222 e. The van der Waals surface area contributed by atoms with Crippen LogP contribution < -0.4 is 0 Å². The van der Waals surface area contributed by atoms with Gasteiger partial charge in [-0.2, -0.15) is 0 Å². The van der Waals surface area contributed by atoms with E-state index in [0.717, 1.165) is 15.6 Å². The fourth-order valence-electron chi connectivity index (χ4n) is 2.10. The summed E-state index contributed by atoms with van der Waals surface area (Å²) >= 11 is 9.45. The molecule has 0 unspecified atom stereocenters. The minimum Gasteiger partial charge on any atom is -0.341 e. The molecule has 2 aromatic rings. The van der Waals surface area contributed by atoms with Crippen LogP contribution in [0.4, 0.5) is 0 Å². The molecule has 0 aromatic heterocycles. The van der Waals surface area contributed by atoms with E-state index < -0.39 is 0 Å². The van der Waals surface area contributed by atoms with Crippen LogP contribution in [0.1, 0.15) is 17.5 Å². The molecule has 110 valence electrons. The Balaban J connectivity index is 1.90. The van der Waals surface area contributed by atoms with E-state index in [-0.39, 0.29) is 5.91 Å². The van der Waals surface area contributed by atoms with Crippen molar-refractivity contribution in [3.63, 3.8) is 0 Å². The molecule has 0 fully saturated rings. The van der Waals surface area contributed by atoms with E-state index >= 15 is 0 Å². The van der Waals surface area contributed by atoms with Crippen LogP contribution in [0.2, 0.25) is 5.02 Å². The molecule has 0 heterocycles. The smallest absolute Gasteiger partial charge is 0.222 e. The Morgan fingerprint density at radius 3 is 2.67 bits per heavy atom. The van der Waals surface area contributed by atoms with Crippen LogP contribution in [0.3, 0.4) is 0 Å². The molecule has 0 aliphatic carbocycles. The number of amides is 1. The number of carbonyl (C=O) groups excluding carboxylic acids is 1. The highest BCUT2D eigenvalue weighted by Crippen LogP contribution is 2.18. The molecule has 2 aromatic carbocycles. The Kier molecular flexibility index (Phi) is 5.83. The van der Waals surface area contributed by atoms with Gasteiger partial charge in [-0.05, 0) is 35.7 Å². The SMILES string of the molecule is CN(Cc1ccccc1Br)C(=O)CCc1cccc(Cl)c1. The monoisotopic (exact) mass is 365 g/mol. The molecule has 0 bridgehead atoms. The Morgan fingerprint density at radius 2 is 1.95 bits per heavy atom. The van der Waals surface area contributed by atoms with Crippen molar-refractivity contribution in [2.75, 3.05) is 7.05 Å². The van der Waals surface area contributed by atoms with Gasteiger partial charge in [-0.15, -0.1) is 0 Å². The van der Waals surface area contributed by atoms with Crippen LogP contribution in [-0.2, 0) is 17.8 Å². The lowest BCUT2D eigenvalue weighted by Crippen LogP contribution is -2.26.